The molecule has 1 aliphatic heterocycles. The maximum absolute atomic E-state index is 12.7. The highest BCUT2D eigenvalue weighted by Crippen LogP contribution is 2.35. The zero-order valence-electron chi connectivity index (χ0n) is 14.9. The zero-order valence-corrected chi connectivity index (χ0v) is 15.7. The third-order valence-electron chi connectivity index (χ3n) is 5.53. The molecule has 1 aliphatic carbocycles. The number of aromatic amines is 1. The topological polar surface area (TPSA) is 66.1 Å². The molecule has 0 aromatic carbocycles. The van der Waals surface area contributed by atoms with Gasteiger partial charge >= 0.3 is 0 Å². The van der Waals surface area contributed by atoms with Crippen LogP contribution in [0.2, 0.25) is 0 Å². The van der Waals surface area contributed by atoms with Gasteiger partial charge in [-0.25, -0.2) is 4.98 Å². The number of hydrogen-bond acceptors (Lipinski definition) is 4. The minimum atomic E-state index is 0.0279. The summed E-state index contributed by atoms with van der Waals surface area (Å²) in [5.41, 5.74) is 1.27. The SMILES string of the molecule is CC(C)C(=O)N1CCC(c2nc3sc4c(c3c(=O)[nH]2)CCCC4)CC1. The molecular formula is C19H25N3O2S. The van der Waals surface area contributed by atoms with Crippen LogP contribution in [0, 0.1) is 5.92 Å². The molecule has 3 heterocycles. The standard InChI is InChI=1S/C19H25N3O2S/c1-11(2)19(24)22-9-7-12(8-10-22)16-20-17(23)15-13-5-3-4-6-14(13)25-18(15)21-16/h11-12H,3-10H2,1-2H3,(H,20,21,23). The molecule has 2 aromatic rings. The van der Waals surface area contributed by atoms with E-state index in [0.29, 0.717) is 0 Å². The van der Waals surface area contributed by atoms with E-state index < -0.39 is 0 Å². The number of aryl methyl sites for hydroxylation is 2. The number of carbonyl (C=O) groups is 1. The monoisotopic (exact) mass is 359 g/mol. The van der Waals surface area contributed by atoms with Gasteiger partial charge in [0.15, 0.2) is 0 Å². The molecule has 0 spiro atoms. The van der Waals surface area contributed by atoms with Gasteiger partial charge in [0.25, 0.3) is 5.56 Å². The Kier molecular flexibility index (Phi) is 4.40. The molecule has 134 valence electrons. The Morgan fingerprint density at radius 2 is 1.96 bits per heavy atom. The number of fused-ring (bicyclic) bond motifs is 3. The van der Waals surface area contributed by atoms with E-state index >= 15 is 0 Å². The minimum absolute atomic E-state index is 0.0279. The third-order valence-corrected chi connectivity index (χ3v) is 6.72. The van der Waals surface area contributed by atoms with E-state index in [2.05, 4.69) is 4.98 Å². The molecule has 6 heteroatoms. The molecule has 1 amide bonds. The van der Waals surface area contributed by atoms with Gasteiger partial charge in [0, 0.05) is 29.8 Å². The van der Waals surface area contributed by atoms with Crippen molar-refractivity contribution in [2.45, 2.75) is 58.3 Å². The second kappa shape index (κ2) is 6.56. The highest BCUT2D eigenvalue weighted by atomic mass is 32.1. The fourth-order valence-electron chi connectivity index (χ4n) is 4.11. The number of nitrogens with one attached hydrogen (secondary N) is 1. The first kappa shape index (κ1) is 16.8. The summed E-state index contributed by atoms with van der Waals surface area (Å²) in [6.07, 6.45) is 6.22. The number of piperidine rings is 1. The summed E-state index contributed by atoms with van der Waals surface area (Å²) < 4.78 is 0. The average molecular weight is 359 g/mol. The van der Waals surface area contributed by atoms with Crippen LogP contribution in [0.25, 0.3) is 10.2 Å². The van der Waals surface area contributed by atoms with Gasteiger partial charge in [-0.2, -0.15) is 0 Å². The molecule has 0 atom stereocenters. The molecule has 1 fully saturated rings. The lowest BCUT2D eigenvalue weighted by atomic mass is 9.94. The van der Waals surface area contributed by atoms with E-state index in [1.165, 1.54) is 23.3 Å². The normalized spacial score (nSPS) is 18.8. The lowest BCUT2D eigenvalue weighted by Gasteiger charge is -2.32. The Hall–Kier alpha value is -1.69. The van der Waals surface area contributed by atoms with Crippen LogP contribution in [0.5, 0.6) is 0 Å². The van der Waals surface area contributed by atoms with Crippen LogP contribution in [0.1, 0.15) is 61.7 Å². The van der Waals surface area contributed by atoms with Crippen LogP contribution in [0.15, 0.2) is 4.79 Å². The van der Waals surface area contributed by atoms with Gasteiger partial charge in [-0.1, -0.05) is 13.8 Å². The van der Waals surface area contributed by atoms with Crippen molar-refractivity contribution in [1.29, 1.82) is 0 Å². The fraction of sp³-hybridized carbons (Fsp3) is 0.632. The summed E-state index contributed by atoms with van der Waals surface area (Å²) in [4.78, 5) is 36.9. The molecule has 0 saturated carbocycles. The van der Waals surface area contributed by atoms with Crippen LogP contribution in [-0.2, 0) is 17.6 Å². The molecule has 2 aliphatic rings. The number of carbonyl (C=O) groups excluding carboxylic acids is 1. The van der Waals surface area contributed by atoms with Crippen LogP contribution in [-0.4, -0.2) is 33.9 Å². The van der Waals surface area contributed by atoms with Crippen molar-refractivity contribution in [2.75, 3.05) is 13.1 Å². The lowest BCUT2D eigenvalue weighted by molar-refractivity contribution is -0.135. The molecule has 0 bridgehead atoms. The van der Waals surface area contributed by atoms with E-state index in [-0.39, 0.29) is 23.3 Å². The maximum Gasteiger partial charge on any atom is 0.259 e. The number of hydrogen-bond donors (Lipinski definition) is 1. The van der Waals surface area contributed by atoms with Gasteiger partial charge in [0.05, 0.1) is 5.39 Å². The van der Waals surface area contributed by atoms with Crippen molar-refractivity contribution in [3.05, 3.63) is 26.6 Å². The predicted molar refractivity (Wildman–Crippen MR) is 100 cm³/mol. The Morgan fingerprint density at radius 1 is 1.24 bits per heavy atom. The van der Waals surface area contributed by atoms with Gasteiger partial charge in [0.2, 0.25) is 5.91 Å². The summed E-state index contributed by atoms with van der Waals surface area (Å²) >= 11 is 1.71. The molecule has 0 radical (unpaired) electrons. The summed E-state index contributed by atoms with van der Waals surface area (Å²) in [7, 11) is 0. The van der Waals surface area contributed by atoms with Crippen molar-refractivity contribution in [1.82, 2.24) is 14.9 Å². The van der Waals surface area contributed by atoms with Gasteiger partial charge < -0.3 is 9.88 Å². The van der Waals surface area contributed by atoms with E-state index in [4.69, 9.17) is 4.98 Å². The number of aromatic nitrogens is 2. The molecule has 4 rings (SSSR count). The Bertz CT molecular complexity index is 859. The number of amides is 1. The van der Waals surface area contributed by atoms with Crippen molar-refractivity contribution in [2.24, 2.45) is 5.92 Å². The van der Waals surface area contributed by atoms with E-state index in [0.717, 1.165) is 54.8 Å². The summed E-state index contributed by atoms with van der Waals surface area (Å²) in [6.45, 7) is 5.40. The van der Waals surface area contributed by atoms with Gasteiger partial charge in [-0.15, -0.1) is 11.3 Å². The predicted octanol–water partition coefficient (Wildman–Crippen LogP) is 3.23. The van der Waals surface area contributed by atoms with Crippen molar-refractivity contribution in [3.63, 3.8) is 0 Å². The Morgan fingerprint density at radius 3 is 2.68 bits per heavy atom. The van der Waals surface area contributed by atoms with Gasteiger partial charge in [-0.3, -0.25) is 9.59 Å². The Labute approximate surface area is 151 Å². The van der Waals surface area contributed by atoms with Crippen molar-refractivity contribution in [3.8, 4) is 0 Å². The van der Waals surface area contributed by atoms with E-state index in [1.54, 1.807) is 11.3 Å². The number of thiophene rings is 1. The first-order valence-electron chi connectivity index (χ1n) is 9.38. The zero-order chi connectivity index (χ0) is 17.6. The molecule has 25 heavy (non-hydrogen) atoms. The van der Waals surface area contributed by atoms with E-state index in [9.17, 15) is 9.59 Å². The maximum atomic E-state index is 12.7. The molecule has 2 aromatic heterocycles. The van der Waals surface area contributed by atoms with Gasteiger partial charge in [0.1, 0.15) is 10.7 Å². The largest absolute Gasteiger partial charge is 0.342 e. The average Bonchev–Trinajstić information content (AvgIpc) is 3.00. The summed E-state index contributed by atoms with van der Waals surface area (Å²) in [6, 6.07) is 0. The first-order chi connectivity index (χ1) is 12.0. The van der Waals surface area contributed by atoms with Gasteiger partial charge in [-0.05, 0) is 44.1 Å². The molecule has 5 nitrogen and oxygen atoms in total. The molecular weight excluding hydrogens is 334 g/mol. The van der Waals surface area contributed by atoms with Crippen LogP contribution in [0.4, 0.5) is 0 Å². The Balaban J connectivity index is 1.59. The highest BCUT2D eigenvalue weighted by molar-refractivity contribution is 7.18. The summed E-state index contributed by atoms with van der Waals surface area (Å²) in [5.74, 6) is 1.32. The van der Waals surface area contributed by atoms with Crippen molar-refractivity contribution >= 4 is 27.5 Å². The first-order valence-corrected chi connectivity index (χ1v) is 10.2. The molecule has 0 unspecified atom stereocenters. The molecule has 1 saturated heterocycles. The van der Waals surface area contributed by atoms with Crippen LogP contribution >= 0.6 is 11.3 Å². The fourth-order valence-corrected chi connectivity index (χ4v) is 5.38. The number of rotatable bonds is 2. The third kappa shape index (κ3) is 3.01. The smallest absolute Gasteiger partial charge is 0.259 e. The number of H-pyrrole nitrogens is 1. The summed E-state index contributed by atoms with van der Waals surface area (Å²) in [5, 5.41) is 0.830. The highest BCUT2D eigenvalue weighted by Gasteiger charge is 2.27. The molecule has 1 N–H and O–H groups in total. The van der Waals surface area contributed by atoms with Crippen molar-refractivity contribution < 1.29 is 4.79 Å². The second-order valence-electron chi connectivity index (χ2n) is 7.60. The quantitative estimate of drug-likeness (QED) is 0.895. The number of likely N-dealkylation sites (tertiary alicyclic amines) is 1. The second-order valence-corrected chi connectivity index (χ2v) is 8.68. The van der Waals surface area contributed by atoms with Crippen LogP contribution in [0.3, 0.4) is 0 Å². The van der Waals surface area contributed by atoms with E-state index in [1.807, 2.05) is 18.7 Å². The lowest BCUT2D eigenvalue weighted by Crippen LogP contribution is -2.40. The minimum Gasteiger partial charge on any atom is -0.342 e. The van der Waals surface area contributed by atoms with Crippen LogP contribution < -0.4 is 5.56 Å². The number of nitrogens with zero attached hydrogens (tertiary/aromatic N) is 2.